The van der Waals surface area contributed by atoms with Gasteiger partial charge in [-0.25, -0.2) is 0 Å². The standard InChI is InChI=1S/C21H26N2O6/c1-13(20(25)22-10-14-6-7-17-18(8-14)28-12-27-17)29-21(26)15-9-19(24)23(11-15)16-4-2-3-5-16/h6-8,13,15-16H,2-5,9-12H2,1H3,(H,22,25)/t13-,15-/m1/s1. The minimum absolute atomic E-state index is 0.0127. The van der Waals surface area contributed by atoms with Crippen molar-refractivity contribution < 1.29 is 28.6 Å². The molecule has 3 aliphatic rings. The summed E-state index contributed by atoms with van der Waals surface area (Å²) in [4.78, 5) is 38.9. The molecular weight excluding hydrogens is 376 g/mol. The Balaban J connectivity index is 1.25. The number of fused-ring (bicyclic) bond motifs is 1. The van der Waals surface area contributed by atoms with Gasteiger partial charge in [0.15, 0.2) is 17.6 Å². The van der Waals surface area contributed by atoms with Crippen LogP contribution >= 0.6 is 0 Å². The molecule has 1 saturated heterocycles. The van der Waals surface area contributed by atoms with Gasteiger partial charge in [-0.1, -0.05) is 18.9 Å². The third-order valence-electron chi connectivity index (χ3n) is 5.82. The summed E-state index contributed by atoms with van der Waals surface area (Å²) in [6.07, 6.45) is 3.51. The zero-order valence-corrected chi connectivity index (χ0v) is 16.5. The van der Waals surface area contributed by atoms with Crippen molar-refractivity contribution in [3.8, 4) is 11.5 Å². The van der Waals surface area contributed by atoms with Crippen LogP contribution in [0.25, 0.3) is 0 Å². The second-order valence-corrected chi connectivity index (χ2v) is 7.87. The van der Waals surface area contributed by atoms with Crippen LogP contribution in [0.4, 0.5) is 0 Å². The highest BCUT2D eigenvalue weighted by molar-refractivity contribution is 5.89. The Morgan fingerprint density at radius 1 is 1.24 bits per heavy atom. The van der Waals surface area contributed by atoms with E-state index in [2.05, 4.69) is 5.32 Å². The first-order chi connectivity index (χ1) is 14.0. The van der Waals surface area contributed by atoms with Gasteiger partial charge in [0.1, 0.15) is 0 Å². The number of nitrogens with zero attached hydrogens (tertiary/aromatic N) is 1. The Hall–Kier alpha value is -2.77. The van der Waals surface area contributed by atoms with Crippen LogP contribution in [0.1, 0.15) is 44.6 Å². The predicted molar refractivity (Wildman–Crippen MR) is 102 cm³/mol. The Morgan fingerprint density at radius 2 is 2.00 bits per heavy atom. The van der Waals surface area contributed by atoms with Gasteiger partial charge in [-0.3, -0.25) is 14.4 Å². The zero-order chi connectivity index (χ0) is 20.4. The normalized spacial score (nSPS) is 22.0. The highest BCUT2D eigenvalue weighted by Crippen LogP contribution is 2.32. The van der Waals surface area contributed by atoms with Gasteiger partial charge in [-0.15, -0.1) is 0 Å². The zero-order valence-electron chi connectivity index (χ0n) is 16.5. The monoisotopic (exact) mass is 402 g/mol. The maximum Gasteiger partial charge on any atom is 0.312 e. The lowest BCUT2D eigenvalue weighted by Gasteiger charge is -2.24. The number of rotatable bonds is 6. The van der Waals surface area contributed by atoms with E-state index >= 15 is 0 Å². The van der Waals surface area contributed by atoms with Crippen molar-refractivity contribution in [1.82, 2.24) is 10.2 Å². The van der Waals surface area contributed by atoms with Crippen LogP contribution in [0.15, 0.2) is 18.2 Å². The van der Waals surface area contributed by atoms with E-state index in [4.69, 9.17) is 14.2 Å². The van der Waals surface area contributed by atoms with Crippen LogP contribution < -0.4 is 14.8 Å². The smallest absolute Gasteiger partial charge is 0.312 e. The number of benzene rings is 1. The lowest BCUT2D eigenvalue weighted by molar-refractivity contribution is -0.158. The predicted octanol–water partition coefficient (Wildman–Crippen LogP) is 1.75. The Bertz CT molecular complexity index is 804. The molecule has 8 nitrogen and oxygen atoms in total. The van der Waals surface area contributed by atoms with E-state index in [1.54, 1.807) is 19.1 Å². The fourth-order valence-corrected chi connectivity index (χ4v) is 4.17. The van der Waals surface area contributed by atoms with Crippen molar-refractivity contribution in [2.45, 2.75) is 57.7 Å². The number of nitrogens with one attached hydrogen (secondary N) is 1. The van der Waals surface area contributed by atoms with Gasteiger partial charge in [0.05, 0.1) is 5.92 Å². The number of esters is 1. The second-order valence-electron chi connectivity index (χ2n) is 7.87. The van der Waals surface area contributed by atoms with Crippen LogP contribution in [0, 0.1) is 5.92 Å². The van der Waals surface area contributed by atoms with E-state index in [1.165, 1.54) is 0 Å². The maximum absolute atomic E-state index is 12.5. The third-order valence-corrected chi connectivity index (χ3v) is 5.82. The summed E-state index contributed by atoms with van der Waals surface area (Å²) in [6, 6.07) is 5.69. The number of hydrogen-bond acceptors (Lipinski definition) is 6. The van der Waals surface area contributed by atoms with Crippen LogP contribution in [-0.4, -0.2) is 48.2 Å². The fraction of sp³-hybridized carbons (Fsp3) is 0.571. The quantitative estimate of drug-likeness (QED) is 0.729. The largest absolute Gasteiger partial charge is 0.454 e. The van der Waals surface area contributed by atoms with Gasteiger partial charge >= 0.3 is 5.97 Å². The van der Waals surface area contributed by atoms with E-state index in [0.29, 0.717) is 18.0 Å². The number of hydrogen-bond donors (Lipinski definition) is 1. The minimum Gasteiger partial charge on any atom is -0.454 e. The van der Waals surface area contributed by atoms with Crippen LogP contribution in [0.3, 0.4) is 0 Å². The van der Waals surface area contributed by atoms with Crippen molar-refractivity contribution in [2.24, 2.45) is 5.92 Å². The number of carbonyl (C=O) groups is 3. The van der Waals surface area contributed by atoms with Crippen molar-refractivity contribution in [2.75, 3.05) is 13.3 Å². The first kappa shape index (κ1) is 19.5. The average Bonchev–Trinajstić information content (AvgIpc) is 3.45. The molecule has 1 aliphatic carbocycles. The molecule has 2 fully saturated rings. The van der Waals surface area contributed by atoms with Crippen molar-refractivity contribution >= 4 is 17.8 Å². The number of ether oxygens (including phenoxy) is 3. The van der Waals surface area contributed by atoms with Crippen LogP contribution in [-0.2, 0) is 25.7 Å². The molecule has 4 rings (SSSR count). The molecule has 0 aromatic heterocycles. The highest BCUT2D eigenvalue weighted by Gasteiger charge is 2.40. The van der Waals surface area contributed by atoms with E-state index in [1.807, 2.05) is 11.0 Å². The third kappa shape index (κ3) is 4.31. The van der Waals surface area contributed by atoms with Gasteiger partial charge in [0.25, 0.3) is 5.91 Å². The van der Waals surface area contributed by atoms with Crippen molar-refractivity contribution in [3.05, 3.63) is 23.8 Å². The number of likely N-dealkylation sites (tertiary alicyclic amines) is 1. The van der Waals surface area contributed by atoms with E-state index < -0.39 is 18.0 Å². The lowest BCUT2D eigenvalue weighted by atomic mass is 10.1. The Morgan fingerprint density at radius 3 is 2.79 bits per heavy atom. The molecule has 2 heterocycles. The summed E-state index contributed by atoms with van der Waals surface area (Å²) >= 11 is 0. The summed E-state index contributed by atoms with van der Waals surface area (Å²) < 4.78 is 15.9. The highest BCUT2D eigenvalue weighted by atomic mass is 16.7. The van der Waals surface area contributed by atoms with E-state index in [0.717, 1.165) is 31.2 Å². The van der Waals surface area contributed by atoms with Gasteiger partial charge < -0.3 is 24.4 Å². The molecule has 0 bridgehead atoms. The first-order valence-electron chi connectivity index (χ1n) is 10.2. The van der Waals surface area contributed by atoms with Crippen LogP contribution in [0.2, 0.25) is 0 Å². The molecular formula is C21H26N2O6. The van der Waals surface area contributed by atoms with Crippen LogP contribution in [0.5, 0.6) is 11.5 Å². The topological polar surface area (TPSA) is 94.2 Å². The molecule has 1 aromatic rings. The lowest BCUT2D eigenvalue weighted by Crippen LogP contribution is -2.38. The minimum atomic E-state index is -0.924. The molecule has 0 unspecified atom stereocenters. The molecule has 29 heavy (non-hydrogen) atoms. The van der Waals surface area contributed by atoms with Gasteiger partial charge in [0.2, 0.25) is 12.7 Å². The molecule has 1 aromatic carbocycles. The first-order valence-corrected chi connectivity index (χ1v) is 10.2. The summed E-state index contributed by atoms with van der Waals surface area (Å²) in [5, 5.41) is 2.76. The van der Waals surface area contributed by atoms with Gasteiger partial charge in [-0.05, 0) is 37.5 Å². The van der Waals surface area contributed by atoms with Gasteiger partial charge in [-0.2, -0.15) is 0 Å². The second kappa shape index (κ2) is 8.31. The summed E-state index contributed by atoms with van der Waals surface area (Å²) in [5.74, 6) is -0.0161. The van der Waals surface area contributed by atoms with E-state index in [-0.39, 0.29) is 37.6 Å². The average molecular weight is 402 g/mol. The molecule has 2 amide bonds. The molecule has 156 valence electrons. The van der Waals surface area contributed by atoms with Crippen molar-refractivity contribution in [3.63, 3.8) is 0 Å². The Labute approximate surface area is 169 Å². The number of amides is 2. The SMILES string of the molecule is C[C@@H](OC(=O)[C@@H]1CC(=O)N(C2CCCC2)C1)C(=O)NCc1ccc2c(c1)OCO2. The Kier molecular flexibility index (Phi) is 5.60. The molecule has 2 aliphatic heterocycles. The summed E-state index contributed by atoms with van der Waals surface area (Å²) in [7, 11) is 0. The molecule has 1 saturated carbocycles. The molecule has 8 heteroatoms. The van der Waals surface area contributed by atoms with E-state index in [9.17, 15) is 14.4 Å². The maximum atomic E-state index is 12.5. The molecule has 0 radical (unpaired) electrons. The summed E-state index contributed by atoms with van der Waals surface area (Å²) in [6.45, 7) is 2.42. The molecule has 0 spiro atoms. The van der Waals surface area contributed by atoms with Crippen molar-refractivity contribution in [1.29, 1.82) is 0 Å². The summed E-state index contributed by atoms with van der Waals surface area (Å²) in [5.41, 5.74) is 0.856. The van der Waals surface area contributed by atoms with Gasteiger partial charge in [0, 0.05) is 25.6 Å². The fourth-order valence-electron chi connectivity index (χ4n) is 4.17. The molecule has 2 atom stereocenters. The number of carbonyl (C=O) groups excluding carboxylic acids is 3. The molecule has 1 N–H and O–H groups in total.